The van der Waals surface area contributed by atoms with Crippen molar-refractivity contribution in [3.63, 3.8) is 0 Å². The highest BCUT2D eigenvalue weighted by atomic mass is 15.2. The smallest absolute Gasteiger partial charge is 0.0534 e. The van der Waals surface area contributed by atoms with E-state index in [0.717, 1.165) is 5.69 Å². The SMILES string of the molecule is CC1(C)c2cc(/C=C/c3ccc(N4c5ccccc5C=Cc5ccccc54)cc3)ccc2-c2ccc(N3C4=CC(C=CC=C4)C(C)(C)c4ccccc43)cc21. The van der Waals surface area contributed by atoms with Crippen molar-refractivity contribution in [2.75, 3.05) is 9.80 Å². The minimum absolute atomic E-state index is 0.0414. The summed E-state index contributed by atoms with van der Waals surface area (Å²) in [7, 11) is 0. The monoisotopic (exact) mass is 708 g/mol. The number of hydrogen-bond acceptors (Lipinski definition) is 2. The minimum Gasteiger partial charge on any atom is -0.310 e. The molecule has 0 amide bonds. The molecule has 0 radical (unpaired) electrons. The standard InChI is InChI=1S/C53H44N2/c1-52(2)40-15-7-8-16-42(34-40)54(51-20-12-9-17-46(51)52)43-30-32-45-44-31-25-37(33-47(44)53(3,4)48(45)35-43)22-21-36-23-28-41(29-24-36)55-49-18-10-5-13-38(49)26-27-39-14-6-11-19-50(39)55/h5-35,40H,1-4H3/b22-21+. The van der Waals surface area contributed by atoms with Gasteiger partial charge >= 0.3 is 0 Å². The third kappa shape index (κ3) is 5.39. The molecular weight excluding hydrogens is 665 g/mol. The van der Waals surface area contributed by atoms with E-state index in [1.54, 1.807) is 0 Å². The van der Waals surface area contributed by atoms with Gasteiger partial charge in [0.2, 0.25) is 0 Å². The molecule has 1 unspecified atom stereocenters. The molecule has 55 heavy (non-hydrogen) atoms. The zero-order valence-corrected chi connectivity index (χ0v) is 31.9. The van der Waals surface area contributed by atoms with Crippen molar-refractivity contribution < 1.29 is 0 Å². The van der Waals surface area contributed by atoms with Crippen LogP contribution in [0.25, 0.3) is 35.4 Å². The maximum absolute atomic E-state index is 2.47. The summed E-state index contributed by atoms with van der Waals surface area (Å²) in [5.74, 6) is 0.301. The van der Waals surface area contributed by atoms with Gasteiger partial charge in [0.05, 0.1) is 11.4 Å². The van der Waals surface area contributed by atoms with Crippen molar-refractivity contribution in [1.29, 1.82) is 0 Å². The first kappa shape index (κ1) is 33.2. The molecule has 266 valence electrons. The van der Waals surface area contributed by atoms with Gasteiger partial charge < -0.3 is 9.80 Å². The van der Waals surface area contributed by atoms with Gasteiger partial charge in [0, 0.05) is 39.5 Å². The molecule has 10 rings (SSSR count). The lowest BCUT2D eigenvalue weighted by Gasteiger charge is -2.33. The van der Waals surface area contributed by atoms with Crippen molar-refractivity contribution in [3.8, 4) is 11.1 Å². The maximum Gasteiger partial charge on any atom is 0.0534 e. The van der Waals surface area contributed by atoms with Gasteiger partial charge in [0.1, 0.15) is 0 Å². The number of fused-ring (bicyclic) bond motifs is 7. The fraction of sp³-hybridized carbons (Fsp3) is 0.132. The van der Waals surface area contributed by atoms with Gasteiger partial charge in [0.25, 0.3) is 0 Å². The summed E-state index contributed by atoms with van der Waals surface area (Å²) in [6, 6.07) is 49.2. The molecular formula is C53H44N2. The molecule has 4 aliphatic rings. The highest BCUT2D eigenvalue weighted by Gasteiger charge is 2.39. The normalized spacial score (nSPS) is 18.0. The predicted octanol–water partition coefficient (Wildman–Crippen LogP) is 14.2. The molecule has 0 saturated heterocycles. The Hall–Kier alpha value is -6.38. The molecule has 0 aromatic heterocycles. The Morgan fingerprint density at radius 2 is 1.07 bits per heavy atom. The highest BCUT2D eigenvalue weighted by Crippen LogP contribution is 2.52. The van der Waals surface area contributed by atoms with Crippen LogP contribution in [-0.2, 0) is 10.8 Å². The molecule has 0 fully saturated rings. The highest BCUT2D eigenvalue weighted by molar-refractivity contribution is 5.93. The zero-order valence-electron chi connectivity index (χ0n) is 31.9. The molecule has 1 atom stereocenters. The summed E-state index contributed by atoms with van der Waals surface area (Å²) in [5, 5.41) is 0. The fourth-order valence-electron chi connectivity index (χ4n) is 9.22. The van der Waals surface area contributed by atoms with Crippen LogP contribution in [0.15, 0.2) is 170 Å². The van der Waals surface area contributed by atoms with Crippen LogP contribution in [-0.4, -0.2) is 0 Å². The van der Waals surface area contributed by atoms with Crippen LogP contribution in [0.2, 0.25) is 0 Å². The van der Waals surface area contributed by atoms with E-state index in [4.69, 9.17) is 0 Å². The van der Waals surface area contributed by atoms with Gasteiger partial charge in [-0.1, -0.05) is 167 Å². The van der Waals surface area contributed by atoms with E-state index in [1.807, 2.05) is 0 Å². The molecule has 2 nitrogen and oxygen atoms in total. The summed E-state index contributed by atoms with van der Waals surface area (Å²) >= 11 is 0. The van der Waals surface area contributed by atoms with Crippen molar-refractivity contribution in [3.05, 3.63) is 208 Å². The minimum atomic E-state index is -0.150. The van der Waals surface area contributed by atoms with Gasteiger partial charge in [-0.25, -0.2) is 0 Å². The Kier molecular flexibility index (Phi) is 7.61. The predicted molar refractivity (Wildman–Crippen MR) is 234 cm³/mol. The number of allylic oxidation sites excluding steroid dienone is 5. The Bertz CT molecular complexity index is 2610. The summed E-state index contributed by atoms with van der Waals surface area (Å²) in [4.78, 5) is 4.84. The second-order valence-corrected chi connectivity index (χ2v) is 16.3. The second-order valence-electron chi connectivity index (χ2n) is 16.3. The molecule has 6 aromatic rings. The summed E-state index contributed by atoms with van der Waals surface area (Å²) in [5.41, 5.74) is 18.6. The molecule has 2 aliphatic heterocycles. The number of anilines is 5. The first-order valence-corrected chi connectivity index (χ1v) is 19.5. The quantitative estimate of drug-likeness (QED) is 0.168. The molecule has 2 aliphatic carbocycles. The Morgan fingerprint density at radius 3 is 1.80 bits per heavy atom. The van der Waals surface area contributed by atoms with Crippen LogP contribution < -0.4 is 9.80 Å². The zero-order chi connectivity index (χ0) is 37.3. The van der Waals surface area contributed by atoms with Crippen molar-refractivity contribution in [2.24, 2.45) is 5.92 Å². The summed E-state index contributed by atoms with van der Waals surface area (Å²) in [6.45, 7) is 9.51. The van der Waals surface area contributed by atoms with E-state index >= 15 is 0 Å². The van der Waals surface area contributed by atoms with Gasteiger partial charge in [0.15, 0.2) is 0 Å². The van der Waals surface area contributed by atoms with Crippen LogP contribution in [0.5, 0.6) is 0 Å². The first-order valence-electron chi connectivity index (χ1n) is 19.5. The molecule has 0 N–H and O–H groups in total. The average Bonchev–Trinajstić information content (AvgIpc) is 3.47. The molecule has 2 heteroatoms. The lowest BCUT2D eigenvalue weighted by Crippen LogP contribution is -2.26. The van der Waals surface area contributed by atoms with E-state index < -0.39 is 0 Å². The van der Waals surface area contributed by atoms with Gasteiger partial charge in [-0.3, -0.25) is 0 Å². The van der Waals surface area contributed by atoms with E-state index in [-0.39, 0.29) is 10.8 Å². The van der Waals surface area contributed by atoms with Gasteiger partial charge in [-0.05, 0) is 98.6 Å². The van der Waals surface area contributed by atoms with E-state index in [0.29, 0.717) is 5.92 Å². The topological polar surface area (TPSA) is 6.48 Å². The van der Waals surface area contributed by atoms with Crippen LogP contribution in [0.3, 0.4) is 0 Å². The number of benzene rings is 6. The van der Waals surface area contributed by atoms with Crippen LogP contribution >= 0.6 is 0 Å². The maximum atomic E-state index is 2.47. The van der Waals surface area contributed by atoms with Crippen LogP contribution in [0.4, 0.5) is 28.4 Å². The Morgan fingerprint density at radius 1 is 0.491 bits per heavy atom. The van der Waals surface area contributed by atoms with Crippen molar-refractivity contribution in [2.45, 2.75) is 38.5 Å². The number of rotatable bonds is 4. The third-order valence-corrected chi connectivity index (χ3v) is 12.3. The van der Waals surface area contributed by atoms with Gasteiger partial charge in [-0.15, -0.1) is 0 Å². The lowest BCUT2D eigenvalue weighted by atomic mass is 9.73. The van der Waals surface area contributed by atoms with Crippen molar-refractivity contribution >= 4 is 52.7 Å². The molecule has 2 heterocycles. The fourth-order valence-corrected chi connectivity index (χ4v) is 9.22. The third-order valence-electron chi connectivity index (χ3n) is 12.3. The van der Waals surface area contributed by atoms with Gasteiger partial charge in [-0.2, -0.15) is 0 Å². The molecule has 0 saturated carbocycles. The number of para-hydroxylation sites is 3. The Balaban J connectivity index is 0.955. The average molecular weight is 709 g/mol. The molecule has 6 aromatic carbocycles. The largest absolute Gasteiger partial charge is 0.310 e. The van der Waals surface area contributed by atoms with Crippen LogP contribution in [0.1, 0.15) is 66.6 Å². The van der Waals surface area contributed by atoms with E-state index in [2.05, 4.69) is 226 Å². The number of nitrogens with zero attached hydrogens (tertiary/aromatic N) is 2. The number of hydrogen-bond donors (Lipinski definition) is 0. The van der Waals surface area contributed by atoms with E-state index in [9.17, 15) is 0 Å². The second kappa shape index (κ2) is 12.6. The van der Waals surface area contributed by atoms with E-state index in [1.165, 1.54) is 78.5 Å². The summed E-state index contributed by atoms with van der Waals surface area (Å²) in [6.07, 6.45) is 20.4. The Labute approximate surface area is 325 Å². The summed E-state index contributed by atoms with van der Waals surface area (Å²) < 4.78 is 0. The molecule has 0 spiro atoms. The van der Waals surface area contributed by atoms with Crippen LogP contribution in [0, 0.1) is 5.92 Å². The first-order chi connectivity index (χ1) is 26.8. The lowest BCUT2D eigenvalue weighted by molar-refractivity contribution is 0.448. The molecule has 2 bridgehead atoms. The van der Waals surface area contributed by atoms with Crippen molar-refractivity contribution in [1.82, 2.24) is 0 Å².